The molecule has 0 aliphatic rings. The lowest BCUT2D eigenvalue weighted by Crippen LogP contribution is -1.95. The smallest absolute Gasteiger partial charge is 0.126 e. The Labute approximate surface area is 65.2 Å². The van der Waals surface area contributed by atoms with E-state index in [0.717, 1.165) is 11.8 Å². The van der Waals surface area contributed by atoms with Gasteiger partial charge in [-0.3, -0.25) is 0 Å². The van der Waals surface area contributed by atoms with Crippen LogP contribution in [0.25, 0.3) is 0 Å². The summed E-state index contributed by atoms with van der Waals surface area (Å²) in [7, 11) is 0. The van der Waals surface area contributed by atoms with Crippen LogP contribution >= 0.6 is 0 Å². The number of hydrogen-bond acceptors (Lipinski definition) is 3. The van der Waals surface area contributed by atoms with Gasteiger partial charge in [0.2, 0.25) is 0 Å². The summed E-state index contributed by atoms with van der Waals surface area (Å²) in [6, 6.07) is 3.69. The van der Waals surface area contributed by atoms with Crippen molar-refractivity contribution in [1.82, 2.24) is 4.98 Å². The molecular formula is C8H10N2O. The van der Waals surface area contributed by atoms with Crippen LogP contribution in [-0.2, 0) is 6.42 Å². The average Bonchev–Trinajstić information content (AvgIpc) is 2.03. The Morgan fingerprint density at radius 1 is 1.64 bits per heavy atom. The van der Waals surface area contributed by atoms with Gasteiger partial charge in [-0.2, -0.15) is 0 Å². The number of nitrogens with zero attached hydrogens (tertiary/aromatic N) is 1. The minimum Gasteiger partial charge on any atom is -0.516 e. The molecule has 0 spiro atoms. The molecule has 0 aromatic carbocycles. The van der Waals surface area contributed by atoms with Gasteiger partial charge in [0.1, 0.15) is 5.82 Å². The quantitative estimate of drug-likeness (QED) is 0.624. The SMILES string of the molecule is Nc1ncccc1CC=CO. The van der Waals surface area contributed by atoms with E-state index in [0.29, 0.717) is 12.2 Å². The van der Waals surface area contributed by atoms with Crippen LogP contribution in [0.2, 0.25) is 0 Å². The topological polar surface area (TPSA) is 59.1 Å². The highest BCUT2D eigenvalue weighted by Crippen LogP contribution is 2.07. The van der Waals surface area contributed by atoms with Crippen LogP contribution in [0.1, 0.15) is 5.56 Å². The second-order valence-electron chi connectivity index (χ2n) is 2.14. The number of aromatic nitrogens is 1. The lowest BCUT2D eigenvalue weighted by atomic mass is 10.2. The van der Waals surface area contributed by atoms with E-state index in [-0.39, 0.29) is 0 Å². The van der Waals surface area contributed by atoms with Crippen molar-refractivity contribution in [2.45, 2.75) is 6.42 Å². The van der Waals surface area contributed by atoms with Crippen molar-refractivity contribution in [3.63, 3.8) is 0 Å². The van der Waals surface area contributed by atoms with Gasteiger partial charge in [0.15, 0.2) is 0 Å². The number of rotatable bonds is 2. The Balaban J connectivity index is 2.77. The minimum absolute atomic E-state index is 0.519. The van der Waals surface area contributed by atoms with Crippen LogP contribution in [0.5, 0.6) is 0 Å². The predicted molar refractivity (Wildman–Crippen MR) is 44.1 cm³/mol. The number of nitrogens with two attached hydrogens (primary N) is 1. The first-order valence-corrected chi connectivity index (χ1v) is 3.33. The van der Waals surface area contributed by atoms with E-state index < -0.39 is 0 Å². The summed E-state index contributed by atoms with van der Waals surface area (Å²) in [6.45, 7) is 0. The molecule has 1 rings (SSSR count). The number of anilines is 1. The van der Waals surface area contributed by atoms with Gasteiger partial charge in [-0.05, 0) is 24.1 Å². The molecule has 0 atom stereocenters. The summed E-state index contributed by atoms with van der Waals surface area (Å²) < 4.78 is 0. The van der Waals surface area contributed by atoms with Crippen LogP contribution < -0.4 is 5.73 Å². The molecule has 1 heterocycles. The van der Waals surface area contributed by atoms with E-state index in [1.807, 2.05) is 12.1 Å². The number of aliphatic hydroxyl groups excluding tert-OH is 1. The Morgan fingerprint density at radius 2 is 2.45 bits per heavy atom. The van der Waals surface area contributed by atoms with Crippen molar-refractivity contribution in [3.8, 4) is 0 Å². The number of allylic oxidation sites excluding steroid dienone is 1. The highest BCUT2D eigenvalue weighted by atomic mass is 16.2. The Hall–Kier alpha value is -1.51. The third-order valence-corrected chi connectivity index (χ3v) is 1.37. The molecule has 0 amide bonds. The van der Waals surface area contributed by atoms with E-state index in [4.69, 9.17) is 10.8 Å². The summed E-state index contributed by atoms with van der Waals surface area (Å²) in [5, 5.41) is 8.38. The van der Waals surface area contributed by atoms with Crippen LogP contribution in [0.3, 0.4) is 0 Å². The summed E-state index contributed by atoms with van der Waals surface area (Å²) >= 11 is 0. The molecule has 0 saturated carbocycles. The normalized spacial score (nSPS) is 10.5. The zero-order valence-electron chi connectivity index (χ0n) is 6.07. The molecule has 0 aliphatic heterocycles. The minimum atomic E-state index is 0.519. The van der Waals surface area contributed by atoms with Crippen molar-refractivity contribution in [3.05, 3.63) is 36.2 Å². The Bertz CT molecular complexity index is 258. The van der Waals surface area contributed by atoms with Crippen LogP contribution in [-0.4, -0.2) is 10.1 Å². The lowest BCUT2D eigenvalue weighted by Gasteiger charge is -1.98. The summed E-state index contributed by atoms with van der Waals surface area (Å²) in [6.07, 6.45) is 4.89. The van der Waals surface area contributed by atoms with Crippen molar-refractivity contribution in [1.29, 1.82) is 0 Å². The zero-order valence-corrected chi connectivity index (χ0v) is 6.07. The largest absolute Gasteiger partial charge is 0.516 e. The number of aliphatic hydroxyl groups is 1. The maximum Gasteiger partial charge on any atom is 0.126 e. The van der Waals surface area contributed by atoms with Crippen LogP contribution in [0, 0.1) is 0 Å². The third kappa shape index (κ3) is 1.97. The van der Waals surface area contributed by atoms with Crippen molar-refractivity contribution >= 4 is 5.82 Å². The second kappa shape index (κ2) is 3.61. The maximum atomic E-state index is 8.38. The molecule has 11 heavy (non-hydrogen) atoms. The summed E-state index contributed by atoms with van der Waals surface area (Å²) in [5.41, 5.74) is 6.46. The molecule has 58 valence electrons. The predicted octanol–water partition coefficient (Wildman–Crippen LogP) is 1.28. The molecule has 0 saturated heterocycles. The Morgan fingerprint density at radius 3 is 3.09 bits per heavy atom. The number of pyridine rings is 1. The van der Waals surface area contributed by atoms with Gasteiger partial charge in [0.05, 0.1) is 6.26 Å². The van der Waals surface area contributed by atoms with E-state index in [1.165, 1.54) is 0 Å². The molecule has 1 aromatic rings. The highest BCUT2D eigenvalue weighted by Gasteiger charge is 1.94. The molecule has 0 bridgehead atoms. The molecule has 3 nitrogen and oxygen atoms in total. The first kappa shape index (κ1) is 7.60. The molecule has 3 N–H and O–H groups in total. The molecule has 3 heteroatoms. The van der Waals surface area contributed by atoms with Crippen molar-refractivity contribution in [2.24, 2.45) is 0 Å². The fraction of sp³-hybridized carbons (Fsp3) is 0.125. The fourth-order valence-corrected chi connectivity index (χ4v) is 0.803. The zero-order chi connectivity index (χ0) is 8.10. The molecule has 0 unspecified atom stereocenters. The first-order valence-electron chi connectivity index (χ1n) is 3.33. The van der Waals surface area contributed by atoms with Crippen LogP contribution in [0.4, 0.5) is 5.82 Å². The third-order valence-electron chi connectivity index (χ3n) is 1.37. The molecule has 0 aliphatic carbocycles. The molecule has 1 aromatic heterocycles. The molecular weight excluding hydrogens is 140 g/mol. The van der Waals surface area contributed by atoms with Gasteiger partial charge < -0.3 is 10.8 Å². The lowest BCUT2D eigenvalue weighted by molar-refractivity contribution is 0.471. The van der Waals surface area contributed by atoms with Crippen LogP contribution in [0.15, 0.2) is 30.7 Å². The van der Waals surface area contributed by atoms with Crippen molar-refractivity contribution in [2.75, 3.05) is 5.73 Å². The summed E-state index contributed by atoms with van der Waals surface area (Å²) in [4.78, 5) is 3.89. The van der Waals surface area contributed by atoms with E-state index in [1.54, 1.807) is 12.3 Å². The van der Waals surface area contributed by atoms with Gasteiger partial charge in [-0.15, -0.1) is 0 Å². The number of hydrogen-bond donors (Lipinski definition) is 2. The van der Waals surface area contributed by atoms with E-state index in [9.17, 15) is 0 Å². The van der Waals surface area contributed by atoms with E-state index >= 15 is 0 Å². The van der Waals surface area contributed by atoms with Gasteiger partial charge in [-0.25, -0.2) is 4.98 Å². The van der Waals surface area contributed by atoms with Crippen molar-refractivity contribution < 1.29 is 5.11 Å². The summed E-state index contributed by atoms with van der Waals surface area (Å²) in [5.74, 6) is 0.519. The van der Waals surface area contributed by atoms with Gasteiger partial charge in [0, 0.05) is 6.20 Å². The monoisotopic (exact) mass is 150 g/mol. The van der Waals surface area contributed by atoms with E-state index in [2.05, 4.69) is 4.98 Å². The van der Waals surface area contributed by atoms with Gasteiger partial charge >= 0.3 is 0 Å². The standard InChI is InChI=1S/C8H10N2O/c9-8-7(4-2-6-11)3-1-5-10-8/h1-3,5-6,11H,4H2,(H2,9,10). The molecule has 0 fully saturated rings. The van der Waals surface area contributed by atoms with Gasteiger partial charge in [-0.1, -0.05) is 6.07 Å². The highest BCUT2D eigenvalue weighted by molar-refractivity contribution is 5.39. The second-order valence-corrected chi connectivity index (χ2v) is 2.14. The average molecular weight is 150 g/mol. The maximum absolute atomic E-state index is 8.38. The molecule has 0 radical (unpaired) electrons. The number of nitrogen functional groups attached to an aromatic ring is 1. The van der Waals surface area contributed by atoms with Gasteiger partial charge in [0.25, 0.3) is 0 Å². The first-order chi connectivity index (χ1) is 5.34. The fourth-order valence-electron chi connectivity index (χ4n) is 0.803. The Kier molecular flexibility index (Phi) is 2.49.